The van der Waals surface area contributed by atoms with E-state index in [1.807, 2.05) is 0 Å². The third-order valence-corrected chi connectivity index (χ3v) is 4.93. The van der Waals surface area contributed by atoms with Gasteiger partial charge in [-0.2, -0.15) is 0 Å². The van der Waals surface area contributed by atoms with Crippen LogP contribution in [0.3, 0.4) is 0 Å². The van der Waals surface area contributed by atoms with Gasteiger partial charge >= 0.3 is 0 Å². The van der Waals surface area contributed by atoms with Gasteiger partial charge in [0.1, 0.15) is 0 Å². The highest BCUT2D eigenvalue weighted by Crippen LogP contribution is 2.23. The predicted octanol–water partition coefficient (Wildman–Crippen LogP) is 3.57. The molecule has 0 bridgehead atoms. The van der Waals surface area contributed by atoms with Crippen molar-refractivity contribution in [3.05, 3.63) is 0 Å². The first-order chi connectivity index (χ1) is 9.62. The molecule has 1 heterocycles. The first-order valence-corrected chi connectivity index (χ1v) is 8.65. The molecule has 0 aromatic rings. The highest BCUT2D eigenvalue weighted by Gasteiger charge is 2.29. The number of likely N-dealkylation sites (N-methyl/N-ethyl adjacent to an activating group) is 1. The molecule has 0 aromatic heterocycles. The third-order valence-electron chi connectivity index (χ3n) is 4.93. The van der Waals surface area contributed by atoms with Crippen LogP contribution in [0.1, 0.15) is 71.6 Å². The zero-order chi connectivity index (χ0) is 14.8. The van der Waals surface area contributed by atoms with Crippen LogP contribution in [0.4, 0.5) is 0 Å². The third kappa shape index (κ3) is 6.11. The van der Waals surface area contributed by atoms with Crippen molar-refractivity contribution in [2.24, 2.45) is 5.73 Å². The fourth-order valence-electron chi connectivity index (χ4n) is 3.04. The first kappa shape index (κ1) is 17.9. The molecule has 1 fully saturated rings. The van der Waals surface area contributed by atoms with E-state index in [0.717, 1.165) is 19.7 Å². The van der Waals surface area contributed by atoms with Crippen molar-refractivity contribution in [2.75, 3.05) is 26.7 Å². The number of hydrogen-bond donors (Lipinski definition) is 1. The molecule has 3 heteroatoms. The standard InChI is InChI=1S/C17H36N2O/c1-4-5-6-7-9-12-17(2,15-18)19(3)14-16-11-8-10-13-20-16/h16H,4-15,18H2,1-3H3. The molecular weight excluding hydrogens is 248 g/mol. The van der Waals surface area contributed by atoms with Gasteiger partial charge in [-0.05, 0) is 39.7 Å². The smallest absolute Gasteiger partial charge is 0.0702 e. The van der Waals surface area contributed by atoms with Crippen molar-refractivity contribution in [1.82, 2.24) is 4.90 Å². The molecule has 0 amide bonds. The normalized spacial score (nSPS) is 22.9. The van der Waals surface area contributed by atoms with Crippen molar-refractivity contribution in [2.45, 2.75) is 83.3 Å². The lowest BCUT2D eigenvalue weighted by atomic mass is 9.91. The Kier molecular flexibility index (Phi) is 8.74. The molecule has 1 aliphatic heterocycles. The SMILES string of the molecule is CCCCCCCC(C)(CN)N(C)CC1CCCCO1. The maximum absolute atomic E-state index is 6.07. The van der Waals surface area contributed by atoms with Crippen molar-refractivity contribution in [3.63, 3.8) is 0 Å². The molecule has 20 heavy (non-hydrogen) atoms. The van der Waals surface area contributed by atoms with Crippen molar-refractivity contribution >= 4 is 0 Å². The molecule has 3 nitrogen and oxygen atoms in total. The van der Waals surface area contributed by atoms with Gasteiger partial charge in [0.25, 0.3) is 0 Å². The monoisotopic (exact) mass is 284 g/mol. The van der Waals surface area contributed by atoms with Crippen molar-refractivity contribution in [3.8, 4) is 0 Å². The lowest BCUT2D eigenvalue weighted by molar-refractivity contribution is -0.0213. The Balaban J connectivity index is 2.32. The number of ether oxygens (including phenoxy) is 1. The van der Waals surface area contributed by atoms with E-state index in [-0.39, 0.29) is 5.54 Å². The second kappa shape index (κ2) is 9.75. The van der Waals surface area contributed by atoms with Gasteiger partial charge in [-0.25, -0.2) is 0 Å². The predicted molar refractivity (Wildman–Crippen MR) is 87.1 cm³/mol. The molecule has 1 saturated heterocycles. The summed E-state index contributed by atoms with van der Waals surface area (Å²) in [6.07, 6.45) is 12.1. The molecule has 0 saturated carbocycles. The molecule has 0 aromatic carbocycles. The topological polar surface area (TPSA) is 38.5 Å². The molecule has 120 valence electrons. The number of rotatable bonds is 10. The maximum atomic E-state index is 6.07. The Morgan fingerprint density at radius 3 is 2.55 bits per heavy atom. The van der Waals surface area contributed by atoms with Gasteiger partial charge in [0, 0.05) is 25.2 Å². The minimum absolute atomic E-state index is 0.132. The Labute approximate surface area is 126 Å². The Hall–Kier alpha value is -0.120. The van der Waals surface area contributed by atoms with E-state index in [4.69, 9.17) is 10.5 Å². The lowest BCUT2D eigenvalue weighted by Gasteiger charge is -2.40. The van der Waals surface area contributed by atoms with Crippen LogP contribution in [0.5, 0.6) is 0 Å². The molecule has 0 aliphatic carbocycles. The summed E-state index contributed by atoms with van der Waals surface area (Å²) in [5.41, 5.74) is 6.20. The van der Waals surface area contributed by atoms with E-state index in [1.54, 1.807) is 0 Å². The summed E-state index contributed by atoms with van der Waals surface area (Å²) in [5, 5.41) is 0. The summed E-state index contributed by atoms with van der Waals surface area (Å²) in [6.45, 7) is 7.29. The second-order valence-corrected chi connectivity index (χ2v) is 6.73. The van der Waals surface area contributed by atoms with Crippen LogP contribution in [0.15, 0.2) is 0 Å². The summed E-state index contributed by atoms with van der Waals surface area (Å²) >= 11 is 0. The summed E-state index contributed by atoms with van der Waals surface area (Å²) in [5.74, 6) is 0. The molecule has 1 rings (SSSR count). The molecule has 2 N–H and O–H groups in total. The van der Waals surface area contributed by atoms with E-state index < -0.39 is 0 Å². The average Bonchev–Trinajstić information content (AvgIpc) is 2.47. The van der Waals surface area contributed by atoms with E-state index >= 15 is 0 Å². The van der Waals surface area contributed by atoms with Crippen LogP contribution in [-0.2, 0) is 4.74 Å². The molecule has 0 radical (unpaired) electrons. The van der Waals surface area contributed by atoms with E-state index in [9.17, 15) is 0 Å². The molecule has 0 spiro atoms. The minimum atomic E-state index is 0.132. The zero-order valence-corrected chi connectivity index (χ0v) is 14.0. The van der Waals surface area contributed by atoms with Gasteiger partial charge in [-0.15, -0.1) is 0 Å². The van der Waals surface area contributed by atoms with Crippen molar-refractivity contribution in [1.29, 1.82) is 0 Å². The number of nitrogens with zero attached hydrogens (tertiary/aromatic N) is 1. The fraction of sp³-hybridized carbons (Fsp3) is 1.00. The van der Waals surface area contributed by atoms with Gasteiger partial charge in [0.2, 0.25) is 0 Å². The van der Waals surface area contributed by atoms with Gasteiger partial charge in [0.15, 0.2) is 0 Å². The largest absolute Gasteiger partial charge is 0.377 e. The van der Waals surface area contributed by atoms with Crippen LogP contribution < -0.4 is 5.73 Å². The van der Waals surface area contributed by atoms with Crippen LogP contribution >= 0.6 is 0 Å². The summed E-state index contributed by atoms with van der Waals surface area (Å²) in [4.78, 5) is 2.45. The fourth-order valence-corrected chi connectivity index (χ4v) is 3.04. The summed E-state index contributed by atoms with van der Waals surface area (Å²) < 4.78 is 5.86. The van der Waals surface area contributed by atoms with E-state index in [2.05, 4.69) is 25.8 Å². The Bertz CT molecular complexity index is 241. The average molecular weight is 284 g/mol. The number of nitrogens with two attached hydrogens (primary N) is 1. The lowest BCUT2D eigenvalue weighted by Crippen LogP contribution is -2.52. The summed E-state index contributed by atoms with van der Waals surface area (Å²) in [7, 11) is 2.22. The zero-order valence-electron chi connectivity index (χ0n) is 14.0. The molecule has 1 aliphatic rings. The van der Waals surface area contributed by atoms with Crippen LogP contribution in [0.25, 0.3) is 0 Å². The van der Waals surface area contributed by atoms with Gasteiger partial charge in [0.05, 0.1) is 6.10 Å². The van der Waals surface area contributed by atoms with Crippen molar-refractivity contribution < 1.29 is 4.74 Å². The molecule has 2 atom stereocenters. The minimum Gasteiger partial charge on any atom is -0.377 e. The number of hydrogen-bond acceptors (Lipinski definition) is 3. The maximum Gasteiger partial charge on any atom is 0.0702 e. The quantitative estimate of drug-likeness (QED) is 0.623. The van der Waals surface area contributed by atoms with Gasteiger partial charge in [-0.1, -0.05) is 39.0 Å². The van der Waals surface area contributed by atoms with Gasteiger partial charge < -0.3 is 10.5 Å². The first-order valence-electron chi connectivity index (χ1n) is 8.65. The highest BCUT2D eigenvalue weighted by molar-refractivity contribution is 4.87. The van der Waals surface area contributed by atoms with Crippen LogP contribution in [0, 0.1) is 0 Å². The van der Waals surface area contributed by atoms with E-state index in [0.29, 0.717) is 6.10 Å². The molecule has 2 unspecified atom stereocenters. The number of unbranched alkanes of at least 4 members (excludes halogenated alkanes) is 4. The summed E-state index contributed by atoms with van der Waals surface area (Å²) in [6, 6.07) is 0. The Morgan fingerprint density at radius 1 is 1.20 bits per heavy atom. The van der Waals surface area contributed by atoms with Crippen LogP contribution in [-0.4, -0.2) is 43.3 Å². The van der Waals surface area contributed by atoms with Crippen LogP contribution in [0.2, 0.25) is 0 Å². The Morgan fingerprint density at radius 2 is 1.95 bits per heavy atom. The van der Waals surface area contributed by atoms with Gasteiger partial charge in [-0.3, -0.25) is 4.90 Å². The highest BCUT2D eigenvalue weighted by atomic mass is 16.5. The molecular formula is C17H36N2O. The second-order valence-electron chi connectivity index (χ2n) is 6.73. The van der Waals surface area contributed by atoms with E-state index in [1.165, 1.54) is 57.8 Å².